The van der Waals surface area contributed by atoms with Crippen molar-refractivity contribution in [1.82, 2.24) is 0 Å². The highest BCUT2D eigenvalue weighted by molar-refractivity contribution is 6.12. The molecule has 0 radical (unpaired) electrons. The van der Waals surface area contributed by atoms with Crippen LogP contribution >= 0.6 is 0 Å². The predicted octanol–water partition coefficient (Wildman–Crippen LogP) is 10.1. The molecule has 8 rings (SSSR count). The third-order valence-corrected chi connectivity index (χ3v) is 10.1. The molecule has 0 spiro atoms. The van der Waals surface area contributed by atoms with Crippen molar-refractivity contribution in [2.24, 2.45) is 9.98 Å². The fourth-order valence-electron chi connectivity index (χ4n) is 7.63. The molecule has 4 nitrogen and oxygen atoms in total. The zero-order valence-electron chi connectivity index (χ0n) is 27.3. The molecule has 2 aliphatic heterocycles. The molecule has 3 aliphatic rings. The maximum absolute atomic E-state index is 5.29. The van der Waals surface area contributed by atoms with Gasteiger partial charge in [-0.1, -0.05) is 152 Å². The highest BCUT2D eigenvalue weighted by atomic mass is 15.3. The van der Waals surface area contributed by atoms with Crippen molar-refractivity contribution in [3.05, 3.63) is 198 Å². The number of nitrogens with one attached hydrogen (secondary N) is 1. The van der Waals surface area contributed by atoms with Gasteiger partial charge in [-0.2, -0.15) is 0 Å². The topological polar surface area (TPSA) is 40.0 Å². The van der Waals surface area contributed by atoms with Crippen LogP contribution in [0.5, 0.6) is 0 Å². The lowest BCUT2D eigenvalue weighted by molar-refractivity contribution is 0.514. The first kappa shape index (κ1) is 29.6. The largest absolute Gasteiger partial charge is 0.377 e. The zero-order chi connectivity index (χ0) is 32.7. The molecule has 234 valence electrons. The van der Waals surface area contributed by atoms with E-state index in [2.05, 4.69) is 152 Å². The summed E-state index contributed by atoms with van der Waals surface area (Å²) >= 11 is 0. The quantitative estimate of drug-likeness (QED) is 0.157. The van der Waals surface area contributed by atoms with Crippen LogP contribution in [0.1, 0.15) is 59.2 Å². The van der Waals surface area contributed by atoms with Gasteiger partial charge in [0.25, 0.3) is 0 Å². The second kappa shape index (κ2) is 12.1. The van der Waals surface area contributed by atoms with Crippen molar-refractivity contribution in [3.63, 3.8) is 0 Å². The van der Waals surface area contributed by atoms with Crippen LogP contribution in [0.15, 0.2) is 174 Å². The van der Waals surface area contributed by atoms with E-state index in [4.69, 9.17) is 9.98 Å². The highest BCUT2D eigenvalue weighted by Crippen LogP contribution is 2.56. The number of nitrogens with zero attached hydrogens (tertiary/aromatic N) is 3. The van der Waals surface area contributed by atoms with Crippen LogP contribution in [-0.4, -0.2) is 17.7 Å². The second-order valence-corrected chi connectivity index (χ2v) is 13.0. The van der Waals surface area contributed by atoms with E-state index in [9.17, 15) is 0 Å². The summed E-state index contributed by atoms with van der Waals surface area (Å²) in [4.78, 5) is 12.9. The number of hydrogen-bond donors (Lipinski definition) is 1. The summed E-state index contributed by atoms with van der Waals surface area (Å²) in [5.74, 6) is 0.782. The van der Waals surface area contributed by atoms with Crippen molar-refractivity contribution < 1.29 is 0 Å². The number of hydrogen-bond acceptors (Lipinski definition) is 2. The molecule has 5 aromatic carbocycles. The molecule has 0 saturated heterocycles. The summed E-state index contributed by atoms with van der Waals surface area (Å²) in [6, 6.07) is 47.1. The van der Waals surface area contributed by atoms with E-state index in [1.165, 1.54) is 27.9 Å². The number of anilines is 2. The third kappa shape index (κ3) is 5.01. The number of fused-ring (bicyclic) bond motifs is 4. The maximum Gasteiger partial charge on any atom is 0.231 e. The first-order chi connectivity index (χ1) is 23.5. The number of aliphatic imine (C=N–C) groups is 2. The first-order valence-corrected chi connectivity index (χ1v) is 16.7. The number of guanidine groups is 1. The Morgan fingerprint density at radius 1 is 0.729 bits per heavy atom. The van der Waals surface area contributed by atoms with Crippen molar-refractivity contribution in [2.75, 3.05) is 10.2 Å². The maximum atomic E-state index is 5.29. The molecule has 0 fully saturated rings. The Morgan fingerprint density at radius 2 is 1.33 bits per heavy atom. The summed E-state index contributed by atoms with van der Waals surface area (Å²) in [5.41, 5.74) is 10.7. The van der Waals surface area contributed by atoms with Gasteiger partial charge in [0.15, 0.2) is 0 Å². The molecular formula is C44H38N4. The van der Waals surface area contributed by atoms with Crippen LogP contribution in [0, 0.1) is 0 Å². The molecular weight excluding hydrogens is 585 g/mol. The van der Waals surface area contributed by atoms with Crippen molar-refractivity contribution in [3.8, 4) is 0 Å². The average molecular weight is 623 g/mol. The van der Waals surface area contributed by atoms with Gasteiger partial charge < -0.3 is 10.2 Å². The zero-order valence-corrected chi connectivity index (χ0v) is 27.3. The van der Waals surface area contributed by atoms with E-state index >= 15 is 0 Å². The minimum Gasteiger partial charge on any atom is -0.377 e. The van der Waals surface area contributed by atoms with Gasteiger partial charge in [0, 0.05) is 28.4 Å². The highest BCUT2D eigenvalue weighted by Gasteiger charge is 2.48. The molecule has 5 aromatic rings. The average Bonchev–Trinajstić information content (AvgIpc) is 3.63. The summed E-state index contributed by atoms with van der Waals surface area (Å²) in [7, 11) is 0. The van der Waals surface area contributed by atoms with Gasteiger partial charge >= 0.3 is 0 Å². The molecule has 1 N–H and O–H groups in total. The smallest absolute Gasteiger partial charge is 0.231 e. The molecule has 4 heteroatoms. The van der Waals surface area contributed by atoms with E-state index in [1.807, 2.05) is 36.4 Å². The van der Waals surface area contributed by atoms with E-state index in [-0.39, 0.29) is 23.4 Å². The van der Waals surface area contributed by atoms with E-state index in [0.717, 1.165) is 22.5 Å². The van der Waals surface area contributed by atoms with Gasteiger partial charge in [-0.25, -0.2) is 9.98 Å². The molecule has 0 aromatic heterocycles. The summed E-state index contributed by atoms with van der Waals surface area (Å²) in [5, 5.41) is 3.98. The Labute approximate surface area is 283 Å². The van der Waals surface area contributed by atoms with Crippen LogP contribution < -0.4 is 10.2 Å². The molecule has 2 heterocycles. The Kier molecular flexibility index (Phi) is 7.49. The summed E-state index contributed by atoms with van der Waals surface area (Å²) in [6.45, 7) is 8.85. The van der Waals surface area contributed by atoms with E-state index in [0.29, 0.717) is 11.7 Å². The fraction of sp³-hybridized carbons (Fsp3) is 0.136. The van der Waals surface area contributed by atoms with Crippen molar-refractivity contribution in [2.45, 2.75) is 37.3 Å². The molecule has 4 unspecified atom stereocenters. The lowest BCUT2D eigenvalue weighted by Crippen LogP contribution is -2.38. The lowest BCUT2D eigenvalue weighted by atomic mass is 9.70. The SMILES string of the molecule is C=C(/N=C(\N=C(/C)c1ccccc1)N1c2cc3c(cc2C2C=CC=CC21)NC(c1ccccc1)C3(C)c1ccccc1)c1ccccc1. The minimum atomic E-state index is -0.327. The van der Waals surface area contributed by atoms with E-state index in [1.54, 1.807) is 0 Å². The molecule has 0 saturated carbocycles. The normalized spacial score (nSPS) is 22.5. The molecule has 48 heavy (non-hydrogen) atoms. The van der Waals surface area contributed by atoms with Crippen molar-refractivity contribution >= 4 is 28.7 Å². The van der Waals surface area contributed by atoms with Crippen LogP contribution in [0.2, 0.25) is 0 Å². The third-order valence-electron chi connectivity index (χ3n) is 10.1. The number of benzene rings is 5. The standard InChI is InChI=1S/C44H38N4/c1-30(32-18-8-4-9-19-32)45-43(46-31(2)33-20-10-5-11-21-33)48-40-27-17-16-26-36(40)37-28-39-38(29-41(37)48)44(3,35-24-14-7-15-25-35)42(47-39)34-22-12-6-13-23-34/h4-29,36,40,42,47H,1H2,2-3H3/b45-43+,46-31+. The molecule has 1 aliphatic carbocycles. The Bertz CT molecular complexity index is 2100. The van der Waals surface area contributed by atoms with Crippen LogP contribution in [0.25, 0.3) is 5.70 Å². The lowest BCUT2D eigenvalue weighted by Gasteiger charge is -2.34. The van der Waals surface area contributed by atoms with Gasteiger partial charge in [0.1, 0.15) is 0 Å². The van der Waals surface area contributed by atoms with Crippen LogP contribution in [-0.2, 0) is 5.41 Å². The monoisotopic (exact) mass is 622 g/mol. The number of allylic oxidation sites excluding steroid dienone is 2. The van der Waals surface area contributed by atoms with Crippen LogP contribution in [0.3, 0.4) is 0 Å². The second-order valence-electron chi connectivity index (χ2n) is 13.0. The molecule has 0 amide bonds. The molecule has 0 bridgehead atoms. The van der Waals surface area contributed by atoms with Crippen molar-refractivity contribution in [1.29, 1.82) is 0 Å². The number of rotatable bonds is 5. The van der Waals surface area contributed by atoms with E-state index < -0.39 is 0 Å². The van der Waals surface area contributed by atoms with Gasteiger partial charge in [-0.05, 0) is 59.4 Å². The van der Waals surface area contributed by atoms with Gasteiger partial charge in [-0.3, -0.25) is 0 Å². The summed E-state index contributed by atoms with van der Waals surface area (Å²) < 4.78 is 0. The van der Waals surface area contributed by atoms with Gasteiger partial charge in [0.05, 0.1) is 17.8 Å². The minimum absolute atomic E-state index is 0.0232. The van der Waals surface area contributed by atoms with Gasteiger partial charge in [0.2, 0.25) is 5.96 Å². The van der Waals surface area contributed by atoms with Gasteiger partial charge in [-0.15, -0.1) is 0 Å². The summed E-state index contributed by atoms with van der Waals surface area (Å²) in [6.07, 6.45) is 8.89. The Balaban J connectivity index is 1.33. The Morgan fingerprint density at radius 3 is 2.02 bits per heavy atom. The van der Waals surface area contributed by atoms with Crippen LogP contribution in [0.4, 0.5) is 11.4 Å². The predicted molar refractivity (Wildman–Crippen MR) is 201 cm³/mol. The molecule has 4 atom stereocenters. The fourth-order valence-corrected chi connectivity index (χ4v) is 7.63. The Hall–Kier alpha value is -5.74. The first-order valence-electron chi connectivity index (χ1n) is 16.7.